The van der Waals surface area contributed by atoms with Crippen molar-refractivity contribution in [1.82, 2.24) is 15.5 Å². The molecule has 0 unspecified atom stereocenters. The Hall–Kier alpha value is -1.99. The lowest BCUT2D eigenvalue weighted by molar-refractivity contribution is -0.130. The molecule has 2 rings (SSSR count). The lowest BCUT2D eigenvalue weighted by Gasteiger charge is -2.36. The second-order valence-corrected chi connectivity index (χ2v) is 7.04. The zero-order valence-electron chi connectivity index (χ0n) is 16.9. The van der Waals surface area contributed by atoms with Crippen LogP contribution in [0.15, 0.2) is 29.3 Å². The van der Waals surface area contributed by atoms with Crippen LogP contribution in [0.4, 0.5) is 5.69 Å². The number of benzene rings is 1. The highest BCUT2D eigenvalue weighted by Crippen LogP contribution is 2.19. The monoisotopic (exact) mass is 409 g/mol. The topological polar surface area (TPSA) is 69.2 Å². The number of nitrogens with one attached hydrogen (secondary N) is 2. The molecule has 0 aliphatic carbocycles. The van der Waals surface area contributed by atoms with Gasteiger partial charge in [0.05, 0.1) is 6.54 Å². The molecule has 7 nitrogen and oxygen atoms in total. The van der Waals surface area contributed by atoms with Gasteiger partial charge in [0, 0.05) is 63.7 Å². The second kappa shape index (κ2) is 12.5. The molecule has 1 heterocycles. The smallest absolute Gasteiger partial charge is 0.242 e. The summed E-state index contributed by atoms with van der Waals surface area (Å²) in [7, 11) is 1.71. The molecule has 1 aromatic carbocycles. The fourth-order valence-electron chi connectivity index (χ4n) is 3.04. The van der Waals surface area contributed by atoms with E-state index >= 15 is 0 Å². The van der Waals surface area contributed by atoms with Crippen LogP contribution in [0.1, 0.15) is 19.8 Å². The van der Waals surface area contributed by atoms with Gasteiger partial charge < -0.3 is 25.2 Å². The third kappa shape index (κ3) is 7.56. The van der Waals surface area contributed by atoms with Crippen molar-refractivity contribution in [2.75, 3.05) is 64.4 Å². The van der Waals surface area contributed by atoms with Crippen LogP contribution in [-0.2, 0) is 9.53 Å². The van der Waals surface area contributed by atoms with E-state index in [1.165, 1.54) is 0 Å². The Balaban J connectivity index is 1.65. The normalized spacial score (nSPS) is 14.9. The van der Waals surface area contributed by atoms with E-state index in [9.17, 15) is 4.79 Å². The molecule has 156 valence electrons. The summed E-state index contributed by atoms with van der Waals surface area (Å²) in [5.41, 5.74) is 1.14. The fraction of sp³-hybridized carbons (Fsp3) is 0.600. The van der Waals surface area contributed by atoms with Crippen LogP contribution < -0.4 is 15.5 Å². The Morgan fingerprint density at radius 2 is 1.86 bits per heavy atom. The van der Waals surface area contributed by atoms with Gasteiger partial charge in [-0.05, 0) is 44.0 Å². The fourth-order valence-corrected chi connectivity index (χ4v) is 3.16. The van der Waals surface area contributed by atoms with Crippen molar-refractivity contribution in [2.45, 2.75) is 19.8 Å². The van der Waals surface area contributed by atoms with E-state index in [1.54, 1.807) is 7.05 Å². The molecular weight excluding hydrogens is 378 g/mol. The van der Waals surface area contributed by atoms with Crippen molar-refractivity contribution >= 4 is 29.2 Å². The summed E-state index contributed by atoms with van der Waals surface area (Å²) in [4.78, 5) is 20.8. The summed E-state index contributed by atoms with van der Waals surface area (Å²) in [6, 6.07) is 7.83. The van der Waals surface area contributed by atoms with Crippen LogP contribution in [0.3, 0.4) is 0 Å². The molecule has 0 spiro atoms. The molecule has 1 aliphatic heterocycles. The molecule has 0 saturated carbocycles. The van der Waals surface area contributed by atoms with E-state index in [0.29, 0.717) is 19.0 Å². The number of amides is 1. The van der Waals surface area contributed by atoms with Gasteiger partial charge in [0.15, 0.2) is 5.96 Å². The average Bonchev–Trinajstić information content (AvgIpc) is 2.73. The number of carbonyl (C=O) groups excluding carboxylic acids is 1. The van der Waals surface area contributed by atoms with Gasteiger partial charge in [0.1, 0.15) is 0 Å². The maximum Gasteiger partial charge on any atom is 0.242 e. The summed E-state index contributed by atoms with van der Waals surface area (Å²) in [5, 5.41) is 7.07. The minimum absolute atomic E-state index is 0.0926. The molecule has 0 atom stereocenters. The van der Waals surface area contributed by atoms with Crippen molar-refractivity contribution in [1.29, 1.82) is 0 Å². The first-order valence-electron chi connectivity index (χ1n) is 9.94. The van der Waals surface area contributed by atoms with Crippen LogP contribution >= 0.6 is 11.6 Å². The van der Waals surface area contributed by atoms with Gasteiger partial charge in [0.2, 0.25) is 5.91 Å². The van der Waals surface area contributed by atoms with E-state index in [0.717, 1.165) is 56.4 Å². The minimum atomic E-state index is 0.0926. The Labute approximate surface area is 173 Å². The molecule has 2 N–H and O–H groups in total. The van der Waals surface area contributed by atoms with Crippen molar-refractivity contribution < 1.29 is 9.53 Å². The van der Waals surface area contributed by atoms with Crippen LogP contribution in [0.2, 0.25) is 5.02 Å². The molecule has 28 heavy (non-hydrogen) atoms. The van der Waals surface area contributed by atoms with Gasteiger partial charge in [-0.25, -0.2) is 0 Å². The number of hydrogen-bond acceptors (Lipinski definition) is 4. The zero-order valence-corrected chi connectivity index (χ0v) is 17.7. The number of rotatable bonds is 9. The zero-order chi connectivity index (χ0) is 20.2. The van der Waals surface area contributed by atoms with Crippen molar-refractivity contribution in [3.63, 3.8) is 0 Å². The maximum atomic E-state index is 12.5. The molecule has 8 heteroatoms. The summed E-state index contributed by atoms with van der Waals surface area (Å²) in [6.45, 7) is 7.66. The molecule has 0 bridgehead atoms. The van der Waals surface area contributed by atoms with Gasteiger partial charge >= 0.3 is 0 Å². The highest BCUT2D eigenvalue weighted by atomic mass is 35.5. The van der Waals surface area contributed by atoms with Crippen molar-refractivity contribution in [3.05, 3.63) is 29.3 Å². The number of anilines is 1. The van der Waals surface area contributed by atoms with Crippen LogP contribution in [0, 0.1) is 0 Å². The Morgan fingerprint density at radius 1 is 1.14 bits per heavy atom. The van der Waals surface area contributed by atoms with Gasteiger partial charge in [-0.1, -0.05) is 11.6 Å². The van der Waals surface area contributed by atoms with E-state index in [-0.39, 0.29) is 12.5 Å². The molecule has 1 aromatic rings. The van der Waals surface area contributed by atoms with E-state index in [1.807, 2.05) is 36.1 Å². The summed E-state index contributed by atoms with van der Waals surface area (Å²) < 4.78 is 5.32. The first-order chi connectivity index (χ1) is 13.6. The quantitative estimate of drug-likeness (QED) is 0.371. The van der Waals surface area contributed by atoms with E-state index in [2.05, 4.69) is 20.5 Å². The number of guanidine groups is 1. The van der Waals surface area contributed by atoms with Gasteiger partial charge in [-0.3, -0.25) is 9.79 Å². The number of carbonyl (C=O) groups is 1. The largest absolute Gasteiger partial charge is 0.382 e. The minimum Gasteiger partial charge on any atom is -0.382 e. The summed E-state index contributed by atoms with van der Waals surface area (Å²) >= 11 is 5.95. The maximum absolute atomic E-state index is 12.5. The molecule has 0 aromatic heterocycles. The van der Waals surface area contributed by atoms with Gasteiger partial charge in [-0.15, -0.1) is 0 Å². The van der Waals surface area contributed by atoms with Gasteiger partial charge in [0.25, 0.3) is 0 Å². The molecule has 0 radical (unpaired) electrons. The third-order valence-corrected chi connectivity index (χ3v) is 4.92. The molecule has 1 saturated heterocycles. The van der Waals surface area contributed by atoms with Crippen LogP contribution in [0.5, 0.6) is 0 Å². The number of halogens is 1. The first-order valence-corrected chi connectivity index (χ1v) is 10.3. The predicted octanol–water partition coefficient (Wildman–Crippen LogP) is 1.97. The Kier molecular flexibility index (Phi) is 9.93. The Morgan fingerprint density at radius 3 is 2.50 bits per heavy atom. The number of hydrogen-bond donors (Lipinski definition) is 2. The van der Waals surface area contributed by atoms with Crippen molar-refractivity contribution in [2.24, 2.45) is 4.99 Å². The van der Waals surface area contributed by atoms with Crippen molar-refractivity contribution in [3.8, 4) is 0 Å². The molecule has 1 fully saturated rings. The molecular formula is C20H32ClN5O2. The number of aliphatic imine (C=N–C) groups is 1. The average molecular weight is 410 g/mol. The molecule has 1 aliphatic rings. The van der Waals surface area contributed by atoms with Gasteiger partial charge in [-0.2, -0.15) is 0 Å². The standard InChI is InChI=1S/C20H32ClN5O2/c1-3-28-15-5-4-10-23-20(22-2)24-16-19(27)26-13-11-25(12-14-26)18-8-6-17(21)7-9-18/h6-9H,3-5,10-16H2,1-2H3,(H2,22,23,24). The predicted molar refractivity (Wildman–Crippen MR) is 115 cm³/mol. The first kappa shape index (κ1) is 22.3. The molecule has 1 amide bonds. The third-order valence-electron chi connectivity index (χ3n) is 4.67. The van der Waals surface area contributed by atoms with E-state index < -0.39 is 0 Å². The Bertz CT molecular complexity index is 616. The van der Waals surface area contributed by atoms with Crippen LogP contribution in [-0.4, -0.2) is 76.3 Å². The summed E-state index contributed by atoms with van der Waals surface area (Å²) in [5.74, 6) is 0.750. The second-order valence-electron chi connectivity index (χ2n) is 6.60. The highest BCUT2D eigenvalue weighted by Gasteiger charge is 2.21. The summed E-state index contributed by atoms with van der Waals surface area (Å²) in [6.07, 6.45) is 2.01. The number of piperazine rings is 1. The number of unbranched alkanes of at least 4 members (excludes halogenated alkanes) is 1. The van der Waals surface area contributed by atoms with E-state index in [4.69, 9.17) is 16.3 Å². The van der Waals surface area contributed by atoms with Crippen LogP contribution in [0.25, 0.3) is 0 Å². The highest BCUT2D eigenvalue weighted by molar-refractivity contribution is 6.30. The SMILES string of the molecule is CCOCCCCNC(=NC)NCC(=O)N1CCN(c2ccc(Cl)cc2)CC1. The number of ether oxygens (including phenoxy) is 1. The lowest BCUT2D eigenvalue weighted by atomic mass is 10.2. The number of nitrogens with zero attached hydrogens (tertiary/aromatic N) is 3. The lowest BCUT2D eigenvalue weighted by Crippen LogP contribution is -2.52.